The van der Waals surface area contributed by atoms with E-state index in [1.54, 1.807) is 20.3 Å². The normalized spacial score (nSPS) is 21.2. The van der Waals surface area contributed by atoms with E-state index in [-0.39, 0.29) is 9.96 Å². The number of benzene rings is 1. The molecule has 160 valence electrons. The molecule has 2 atom stereocenters. The lowest BCUT2D eigenvalue weighted by atomic mass is 10.1. The van der Waals surface area contributed by atoms with E-state index in [1.165, 1.54) is 12.1 Å². The van der Waals surface area contributed by atoms with Crippen LogP contribution < -0.4 is 14.8 Å². The molecule has 0 radical (unpaired) electrons. The van der Waals surface area contributed by atoms with Crippen molar-refractivity contribution in [1.29, 1.82) is 0 Å². The van der Waals surface area contributed by atoms with Crippen molar-refractivity contribution in [3.8, 4) is 11.5 Å². The molecule has 1 aromatic heterocycles. The van der Waals surface area contributed by atoms with Crippen LogP contribution in [0, 0.1) is 0 Å². The topological polar surface area (TPSA) is 98.8 Å². The van der Waals surface area contributed by atoms with Crippen molar-refractivity contribution in [3.05, 3.63) is 40.2 Å². The predicted molar refractivity (Wildman–Crippen MR) is 114 cm³/mol. The molecular weight excluding hydrogens is 458 g/mol. The Hall–Kier alpha value is -1.33. The number of halogens is 1. The lowest BCUT2D eigenvalue weighted by Gasteiger charge is -2.19. The summed E-state index contributed by atoms with van der Waals surface area (Å²) in [5.74, 6) is 0.621. The first kappa shape index (κ1) is 22.4. The van der Waals surface area contributed by atoms with Crippen molar-refractivity contribution < 1.29 is 26.3 Å². The Labute approximate surface area is 179 Å². The number of rotatable bonds is 8. The highest BCUT2D eigenvalue weighted by Crippen LogP contribution is 2.32. The van der Waals surface area contributed by atoms with Crippen molar-refractivity contribution in [2.24, 2.45) is 0 Å². The van der Waals surface area contributed by atoms with Gasteiger partial charge in [-0.3, -0.25) is 0 Å². The highest BCUT2D eigenvalue weighted by Gasteiger charge is 2.46. The van der Waals surface area contributed by atoms with E-state index in [1.807, 2.05) is 12.1 Å². The van der Waals surface area contributed by atoms with Gasteiger partial charge in [0.1, 0.15) is 4.21 Å². The fourth-order valence-corrected chi connectivity index (χ4v) is 9.78. The van der Waals surface area contributed by atoms with Crippen LogP contribution in [0.2, 0.25) is 4.34 Å². The molecule has 0 bridgehead atoms. The molecule has 0 saturated carbocycles. The second kappa shape index (κ2) is 8.81. The van der Waals surface area contributed by atoms with Crippen molar-refractivity contribution in [2.45, 2.75) is 21.9 Å². The van der Waals surface area contributed by atoms with E-state index in [2.05, 4.69) is 5.32 Å². The maximum atomic E-state index is 13.0. The fraction of sp³-hybridized carbons (Fsp3) is 0.444. The average Bonchev–Trinajstić information content (AvgIpc) is 3.25. The SMILES string of the molecule is COc1ccc(CCN[C@H]2CS(=O)(=O)C[C@@H]2S(=O)(=O)c2ccc(Cl)s2)cc1OC. The Bertz CT molecular complexity index is 1080. The molecule has 0 amide bonds. The quantitative estimate of drug-likeness (QED) is 0.619. The Morgan fingerprint density at radius 2 is 1.86 bits per heavy atom. The van der Waals surface area contributed by atoms with Crippen LogP contribution in [0.3, 0.4) is 0 Å². The molecule has 3 rings (SSSR count). The third kappa shape index (κ3) is 5.05. The van der Waals surface area contributed by atoms with E-state index in [0.29, 0.717) is 28.8 Å². The van der Waals surface area contributed by atoms with Gasteiger partial charge >= 0.3 is 0 Å². The number of ether oxygens (including phenoxy) is 2. The summed E-state index contributed by atoms with van der Waals surface area (Å²) in [6, 6.07) is 7.77. The number of nitrogens with one attached hydrogen (secondary N) is 1. The predicted octanol–water partition coefficient (Wildman–Crippen LogP) is 2.19. The van der Waals surface area contributed by atoms with Crippen LogP contribution >= 0.6 is 22.9 Å². The van der Waals surface area contributed by atoms with Crippen molar-refractivity contribution in [2.75, 3.05) is 32.3 Å². The molecule has 1 saturated heterocycles. The van der Waals surface area contributed by atoms with Crippen molar-refractivity contribution >= 4 is 42.6 Å². The van der Waals surface area contributed by atoms with Gasteiger partial charge in [-0.1, -0.05) is 17.7 Å². The van der Waals surface area contributed by atoms with Crippen LogP contribution in [-0.4, -0.2) is 60.4 Å². The molecule has 2 aromatic rings. The van der Waals surface area contributed by atoms with E-state index in [0.717, 1.165) is 16.9 Å². The third-order valence-corrected chi connectivity index (χ3v) is 10.7. The first-order valence-corrected chi connectivity index (χ1v) is 13.4. The largest absolute Gasteiger partial charge is 0.493 e. The molecule has 29 heavy (non-hydrogen) atoms. The van der Waals surface area contributed by atoms with Crippen LogP contribution in [0.5, 0.6) is 11.5 Å². The Morgan fingerprint density at radius 3 is 2.48 bits per heavy atom. The molecule has 1 aliphatic heterocycles. The molecule has 0 unspecified atom stereocenters. The molecule has 1 aliphatic rings. The van der Waals surface area contributed by atoms with Gasteiger partial charge in [-0.25, -0.2) is 16.8 Å². The third-order valence-electron chi connectivity index (χ3n) is 4.80. The molecule has 0 aliphatic carbocycles. The standard InChI is InChI=1S/C18H22ClNO6S3/c1-25-14-4-3-12(9-15(14)26-2)7-8-20-13-10-28(21,22)11-16(13)29(23,24)18-6-5-17(19)27-18/h3-6,9,13,16,20H,7-8,10-11H2,1-2H3/t13-,16-/m0/s1. The summed E-state index contributed by atoms with van der Waals surface area (Å²) < 4.78 is 61.2. The van der Waals surface area contributed by atoms with Gasteiger partial charge in [-0.15, -0.1) is 11.3 Å². The molecule has 1 fully saturated rings. The highest BCUT2D eigenvalue weighted by atomic mass is 35.5. The lowest BCUT2D eigenvalue weighted by molar-refractivity contribution is 0.354. The minimum Gasteiger partial charge on any atom is -0.493 e. The minimum atomic E-state index is -3.80. The van der Waals surface area contributed by atoms with E-state index >= 15 is 0 Å². The summed E-state index contributed by atoms with van der Waals surface area (Å²) in [6.45, 7) is 0.423. The summed E-state index contributed by atoms with van der Waals surface area (Å²) in [7, 11) is -4.14. The monoisotopic (exact) mass is 479 g/mol. The first-order valence-electron chi connectivity index (χ1n) is 8.80. The van der Waals surface area contributed by atoms with E-state index < -0.39 is 36.7 Å². The zero-order valence-electron chi connectivity index (χ0n) is 15.9. The molecule has 7 nitrogen and oxygen atoms in total. The number of hydrogen-bond donors (Lipinski definition) is 1. The van der Waals surface area contributed by atoms with Gasteiger partial charge in [0.15, 0.2) is 31.2 Å². The zero-order chi connectivity index (χ0) is 21.2. The number of sulfone groups is 2. The van der Waals surface area contributed by atoms with Crippen LogP contribution in [0.25, 0.3) is 0 Å². The van der Waals surface area contributed by atoms with Crippen molar-refractivity contribution in [1.82, 2.24) is 5.32 Å². The summed E-state index contributed by atoms with van der Waals surface area (Å²) in [6.07, 6.45) is 0.578. The summed E-state index contributed by atoms with van der Waals surface area (Å²) in [4.78, 5) is 0. The van der Waals surface area contributed by atoms with Gasteiger partial charge in [-0.2, -0.15) is 0 Å². The maximum Gasteiger partial charge on any atom is 0.193 e. The Balaban J connectivity index is 1.72. The summed E-state index contributed by atoms with van der Waals surface area (Å²) >= 11 is 6.81. The first-order chi connectivity index (χ1) is 13.7. The molecule has 0 spiro atoms. The van der Waals surface area contributed by atoms with Crippen LogP contribution in [0.4, 0.5) is 0 Å². The Morgan fingerprint density at radius 1 is 1.14 bits per heavy atom. The molecule has 2 heterocycles. The zero-order valence-corrected chi connectivity index (χ0v) is 19.1. The van der Waals surface area contributed by atoms with Crippen molar-refractivity contribution in [3.63, 3.8) is 0 Å². The summed E-state index contributed by atoms with van der Waals surface area (Å²) in [5, 5.41) is 2.09. The maximum absolute atomic E-state index is 13.0. The van der Waals surface area contributed by atoms with E-state index in [4.69, 9.17) is 21.1 Å². The van der Waals surface area contributed by atoms with Gasteiger partial charge in [-0.05, 0) is 42.8 Å². The molecule has 1 N–H and O–H groups in total. The summed E-state index contributed by atoms with van der Waals surface area (Å²) in [5.41, 5.74) is 0.959. The van der Waals surface area contributed by atoms with Crippen LogP contribution in [0.1, 0.15) is 5.56 Å². The molecule has 1 aromatic carbocycles. The number of thiophene rings is 1. The minimum absolute atomic E-state index is 0.0938. The van der Waals surface area contributed by atoms with Gasteiger partial charge in [0.25, 0.3) is 0 Å². The Kier molecular flexibility index (Phi) is 6.79. The fourth-order valence-electron chi connectivity index (χ4n) is 3.35. The average molecular weight is 480 g/mol. The van der Waals surface area contributed by atoms with Crippen LogP contribution in [0.15, 0.2) is 34.5 Å². The molecule has 11 heteroatoms. The van der Waals surface area contributed by atoms with Crippen LogP contribution in [-0.2, 0) is 26.1 Å². The van der Waals surface area contributed by atoms with Gasteiger partial charge in [0.05, 0.1) is 35.3 Å². The highest BCUT2D eigenvalue weighted by molar-refractivity contribution is 7.97. The van der Waals surface area contributed by atoms with Gasteiger partial charge in [0.2, 0.25) is 0 Å². The lowest BCUT2D eigenvalue weighted by Crippen LogP contribution is -2.43. The van der Waals surface area contributed by atoms with Gasteiger partial charge < -0.3 is 14.8 Å². The van der Waals surface area contributed by atoms with E-state index in [9.17, 15) is 16.8 Å². The number of hydrogen-bond acceptors (Lipinski definition) is 8. The van der Waals surface area contributed by atoms with Gasteiger partial charge in [0, 0.05) is 6.04 Å². The second-order valence-corrected chi connectivity index (χ2v) is 13.0. The second-order valence-electron chi connectivity index (χ2n) is 6.72. The number of methoxy groups -OCH3 is 2. The smallest absolute Gasteiger partial charge is 0.193 e. The molecular formula is C18H22ClNO6S3.